The van der Waals surface area contributed by atoms with Crippen LogP contribution in [-0.4, -0.2) is 28.8 Å². The quantitative estimate of drug-likeness (QED) is 0.878. The largest absolute Gasteiger partial charge is 0.337 e. The Morgan fingerprint density at radius 3 is 3.05 bits per heavy atom. The summed E-state index contributed by atoms with van der Waals surface area (Å²) in [5.74, 6) is 0.488. The maximum Gasteiger partial charge on any atom is 0.315 e. The number of nitrogens with one attached hydrogen (secondary N) is 2. The molecule has 0 unspecified atom stereocenters. The number of aryl methyl sites for hydroxylation is 1. The second kappa shape index (κ2) is 6.52. The van der Waals surface area contributed by atoms with Crippen LogP contribution < -0.4 is 10.6 Å². The first-order valence-electron chi connectivity index (χ1n) is 6.19. The minimum Gasteiger partial charge on any atom is -0.337 e. The van der Waals surface area contributed by atoms with Crippen LogP contribution >= 0.6 is 15.9 Å². The number of rotatable bonds is 4. The number of carbonyl (C=O) groups is 1. The second-order valence-corrected chi connectivity index (χ2v) is 7.08. The summed E-state index contributed by atoms with van der Waals surface area (Å²) in [6.07, 6.45) is 3.54. The molecule has 0 saturated carbocycles. The lowest BCUT2D eigenvalue weighted by molar-refractivity contribution is 0.237. The van der Waals surface area contributed by atoms with E-state index in [0.717, 1.165) is 17.3 Å². The van der Waals surface area contributed by atoms with E-state index < -0.39 is 10.8 Å². The second-order valence-electron chi connectivity index (χ2n) is 4.61. The summed E-state index contributed by atoms with van der Waals surface area (Å²) in [5.41, 5.74) is 2.48. The molecule has 0 fully saturated rings. The van der Waals surface area contributed by atoms with Gasteiger partial charge >= 0.3 is 6.03 Å². The Hall–Kier alpha value is -0.880. The van der Waals surface area contributed by atoms with Crippen LogP contribution in [0.2, 0.25) is 0 Å². The lowest BCUT2D eigenvalue weighted by Gasteiger charge is -2.14. The molecular weight excluding hydrogens is 328 g/mol. The maximum absolute atomic E-state index is 11.7. The number of halogens is 1. The van der Waals surface area contributed by atoms with Crippen LogP contribution in [0.5, 0.6) is 0 Å². The predicted octanol–water partition coefficient (Wildman–Crippen LogP) is 2.11. The van der Waals surface area contributed by atoms with Gasteiger partial charge in [0, 0.05) is 33.8 Å². The van der Waals surface area contributed by atoms with Crippen molar-refractivity contribution < 1.29 is 9.00 Å². The topological polar surface area (TPSA) is 58.2 Å². The molecule has 2 atom stereocenters. The van der Waals surface area contributed by atoms with E-state index >= 15 is 0 Å². The summed E-state index contributed by atoms with van der Waals surface area (Å²) in [7, 11) is -0.873. The Morgan fingerprint density at radius 2 is 2.32 bits per heavy atom. The van der Waals surface area contributed by atoms with E-state index in [4.69, 9.17) is 0 Å². The Labute approximate surface area is 123 Å². The third-order valence-corrected chi connectivity index (χ3v) is 4.44. The van der Waals surface area contributed by atoms with E-state index in [1.54, 1.807) is 6.26 Å². The van der Waals surface area contributed by atoms with Gasteiger partial charge in [-0.05, 0) is 36.1 Å². The summed E-state index contributed by atoms with van der Waals surface area (Å²) in [4.78, 5) is 11.7. The fourth-order valence-corrected chi connectivity index (χ4v) is 3.05. The molecule has 0 spiro atoms. The van der Waals surface area contributed by atoms with Crippen LogP contribution in [0.15, 0.2) is 22.7 Å². The highest BCUT2D eigenvalue weighted by Crippen LogP contribution is 2.32. The van der Waals surface area contributed by atoms with Crippen molar-refractivity contribution in [1.82, 2.24) is 10.6 Å². The molecule has 0 heterocycles. The zero-order valence-electron chi connectivity index (χ0n) is 10.7. The van der Waals surface area contributed by atoms with Gasteiger partial charge in [-0.1, -0.05) is 22.0 Å². The molecule has 19 heavy (non-hydrogen) atoms. The van der Waals surface area contributed by atoms with E-state index in [1.807, 2.05) is 6.07 Å². The number of fused-ring (bicyclic) bond motifs is 1. The first kappa shape index (κ1) is 14.5. The highest BCUT2D eigenvalue weighted by atomic mass is 79.9. The standard InChI is InChI=1S/C13H17BrN2O2S/c1-19(18)7-6-15-13(17)16-12-5-2-9-8-10(14)3-4-11(9)12/h3-4,8,12H,2,5-7H2,1H3,(H2,15,16,17)/t12-,19+/m0/s1. The monoisotopic (exact) mass is 344 g/mol. The van der Waals surface area contributed by atoms with E-state index in [2.05, 4.69) is 38.7 Å². The van der Waals surface area contributed by atoms with Gasteiger partial charge in [-0.25, -0.2) is 4.79 Å². The Balaban J connectivity index is 1.88. The molecule has 6 heteroatoms. The summed E-state index contributed by atoms with van der Waals surface area (Å²) in [6, 6.07) is 6.05. The average Bonchev–Trinajstić information content (AvgIpc) is 2.71. The normalized spacial score (nSPS) is 18.7. The van der Waals surface area contributed by atoms with E-state index in [0.29, 0.717) is 12.3 Å². The van der Waals surface area contributed by atoms with Crippen molar-refractivity contribution in [3.63, 3.8) is 0 Å². The van der Waals surface area contributed by atoms with Gasteiger partial charge in [-0.3, -0.25) is 4.21 Å². The molecule has 1 aromatic carbocycles. The van der Waals surface area contributed by atoms with Gasteiger partial charge < -0.3 is 10.6 Å². The Kier molecular flexibility index (Phi) is 4.99. The molecule has 2 rings (SSSR count). The van der Waals surface area contributed by atoms with Crippen molar-refractivity contribution in [2.75, 3.05) is 18.6 Å². The molecule has 0 aliphatic heterocycles. The number of hydrogen-bond acceptors (Lipinski definition) is 2. The molecule has 1 aliphatic rings. The highest BCUT2D eigenvalue weighted by molar-refractivity contribution is 9.10. The van der Waals surface area contributed by atoms with Crippen molar-refractivity contribution in [2.45, 2.75) is 18.9 Å². The van der Waals surface area contributed by atoms with Crippen LogP contribution in [0.1, 0.15) is 23.6 Å². The minimum absolute atomic E-state index is 0.0789. The summed E-state index contributed by atoms with van der Waals surface area (Å²) in [6.45, 7) is 0.439. The van der Waals surface area contributed by atoms with Gasteiger partial charge in [-0.2, -0.15) is 0 Å². The Morgan fingerprint density at radius 1 is 1.53 bits per heavy atom. The summed E-state index contributed by atoms with van der Waals surface area (Å²) < 4.78 is 12.0. The molecule has 0 saturated heterocycles. The molecule has 0 radical (unpaired) electrons. The molecule has 0 aromatic heterocycles. The SMILES string of the molecule is C[S@@](=O)CCNC(=O)N[C@H]1CCc2cc(Br)ccc21. The first-order valence-corrected chi connectivity index (χ1v) is 8.71. The van der Waals surface area contributed by atoms with Crippen LogP contribution in [0, 0.1) is 0 Å². The molecule has 2 N–H and O–H groups in total. The van der Waals surface area contributed by atoms with Crippen molar-refractivity contribution in [2.24, 2.45) is 0 Å². The van der Waals surface area contributed by atoms with Gasteiger partial charge in [0.2, 0.25) is 0 Å². The maximum atomic E-state index is 11.7. The van der Waals surface area contributed by atoms with Crippen LogP contribution in [0.25, 0.3) is 0 Å². The van der Waals surface area contributed by atoms with E-state index in [1.165, 1.54) is 11.1 Å². The smallest absolute Gasteiger partial charge is 0.315 e. The lowest BCUT2D eigenvalue weighted by atomic mass is 10.1. The van der Waals surface area contributed by atoms with Crippen molar-refractivity contribution in [3.05, 3.63) is 33.8 Å². The van der Waals surface area contributed by atoms with Gasteiger partial charge in [0.15, 0.2) is 0 Å². The van der Waals surface area contributed by atoms with E-state index in [9.17, 15) is 9.00 Å². The number of amides is 2. The summed E-state index contributed by atoms with van der Waals surface area (Å²) >= 11 is 3.45. The van der Waals surface area contributed by atoms with Gasteiger partial charge in [-0.15, -0.1) is 0 Å². The predicted molar refractivity (Wildman–Crippen MR) is 80.7 cm³/mol. The van der Waals surface area contributed by atoms with Crippen molar-refractivity contribution >= 4 is 32.8 Å². The molecular formula is C13H17BrN2O2S. The third-order valence-electron chi connectivity index (χ3n) is 3.16. The summed E-state index contributed by atoms with van der Waals surface area (Å²) in [5, 5.41) is 5.69. The lowest BCUT2D eigenvalue weighted by Crippen LogP contribution is -2.39. The molecule has 1 aliphatic carbocycles. The van der Waals surface area contributed by atoms with Gasteiger partial charge in [0.25, 0.3) is 0 Å². The van der Waals surface area contributed by atoms with Crippen molar-refractivity contribution in [3.8, 4) is 0 Å². The molecule has 2 amide bonds. The van der Waals surface area contributed by atoms with Crippen molar-refractivity contribution in [1.29, 1.82) is 0 Å². The number of carbonyl (C=O) groups excluding carboxylic acids is 1. The average molecular weight is 345 g/mol. The van der Waals surface area contributed by atoms with Crippen LogP contribution in [-0.2, 0) is 17.2 Å². The number of urea groups is 1. The molecule has 0 bridgehead atoms. The zero-order valence-corrected chi connectivity index (χ0v) is 13.1. The number of hydrogen-bond donors (Lipinski definition) is 2. The fraction of sp³-hybridized carbons (Fsp3) is 0.462. The molecule has 4 nitrogen and oxygen atoms in total. The fourth-order valence-electron chi connectivity index (χ4n) is 2.25. The Bertz CT molecular complexity index is 507. The minimum atomic E-state index is -0.873. The molecule has 1 aromatic rings. The number of benzene rings is 1. The molecule has 104 valence electrons. The zero-order chi connectivity index (χ0) is 13.8. The third kappa shape index (κ3) is 4.04. The first-order chi connectivity index (χ1) is 9.06. The van der Waals surface area contributed by atoms with Gasteiger partial charge in [0.1, 0.15) is 0 Å². The van der Waals surface area contributed by atoms with Crippen LogP contribution in [0.4, 0.5) is 4.79 Å². The van der Waals surface area contributed by atoms with Gasteiger partial charge in [0.05, 0.1) is 6.04 Å². The van der Waals surface area contributed by atoms with E-state index in [-0.39, 0.29) is 12.1 Å². The van der Waals surface area contributed by atoms with Crippen LogP contribution in [0.3, 0.4) is 0 Å². The highest BCUT2D eigenvalue weighted by Gasteiger charge is 2.23.